The van der Waals surface area contributed by atoms with E-state index in [-0.39, 0.29) is 48.6 Å². The van der Waals surface area contributed by atoms with Gasteiger partial charge in [-0.15, -0.1) is 0 Å². The zero-order chi connectivity index (χ0) is 30.5. The molecule has 0 heterocycles. The zero-order valence-corrected chi connectivity index (χ0v) is 23.1. The van der Waals surface area contributed by atoms with Gasteiger partial charge in [-0.3, -0.25) is 14.4 Å². The number of aliphatic hydroxyl groups is 3. The number of amides is 2. The van der Waals surface area contributed by atoms with Gasteiger partial charge in [-0.2, -0.15) is 0 Å². The maximum absolute atomic E-state index is 13.7. The van der Waals surface area contributed by atoms with E-state index in [2.05, 4.69) is 5.32 Å². The van der Waals surface area contributed by atoms with Gasteiger partial charge in [-0.05, 0) is 53.0 Å². The van der Waals surface area contributed by atoms with E-state index < -0.39 is 58.1 Å². The summed E-state index contributed by atoms with van der Waals surface area (Å²) in [6.45, 7) is 4.45. The van der Waals surface area contributed by atoms with E-state index >= 15 is 0 Å². The molecule has 1 saturated carbocycles. The van der Waals surface area contributed by atoms with Gasteiger partial charge in [0.25, 0.3) is 5.91 Å². The summed E-state index contributed by atoms with van der Waals surface area (Å²) in [4.78, 5) is 49.9. The molecule has 3 unspecified atom stereocenters. The van der Waals surface area contributed by atoms with Gasteiger partial charge in [0.2, 0.25) is 5.78 Å². The second-order valence-electron chi connectivity index (χ2n) is 11.4. The third kappa shape index (κ3) is 4.69. The van der Waals surface area contributed by atoms with Gasteiger partial charge in [0.1, 0.15) is 22.8 Å². The van der Waals surface area contributed by atoms with Crippen molar-refractivity contribution < 1.29 is 44.3 Å². The number of carbonyl (C=O) groups excluding carboxylic acids is 4. The lowest BCUT2D eigenvalue weighted by Crippen LogP contribution is -2.58. The van der Waals surface area contributed by atoms with Crippen molar-refractivity contribution in [3.8, 4) is 16.9 Å². The standard InChI is InChI=1S/C31H32N2O9/c1-14(2)13-42-30(40)33-12-15-3-5-16(6-4-15)19-7-8-21(34)24-20(19)10-17-9-18-11-22(35)25(29(32)39)28(38)31(18,41)27(37)23(17)26(24)36/h3-8,14,17-18,34,36,38,41H,9-13H2,1-2H3,(H2,32,39)(H,33,40). The van der Waals surface area contributed by atoms with Crippen LogP contribution < -0.4 is 11.1 Å². The summed E-state index contributed by atoms with van der Waals surface area (Å²) in [5.41, 5.74) is 4.48. The number of Topliss-reactive ketones (excluding diaryl/α,β-unsaturated/α-hetero) is 2. The Hall–Kier alpha value is -4.64. The number of benzene rings is 2. The number of ketones is 2. The molecule has 5 rings (SSSR count). The Kier molecular flexibility index (Phi) is 7.32. The third-order valence-corrected chi connectivity index (χ3v) is 8.20. The number of nitrogens with one attached hydrogen (secondary N) is 1. The van der Waals surface area contributed by atoms with Crippen LogP contribution in [0.3, 0.4) is 0 Å². The largest absolute Gasteiger partial charge is 0.508 e. The number of phenols is 1. The highest BCUT2D eigenvalue weighted by atomic mass is 16.5. The normalized spacial score (nSPS) is 23.3. The molecule has 1 fully saturated rings. The highest BCUT2D eigenvalue weighted by Gasteiger charge is 2.60. The van der Waals surface area contributed by atoms with Gasteiger partial charge in [0.05, 0.1) is 12.2 Å². The molecule has 0 radical (unpaired) electrons. The van der Waals surface area contributed by atoms with Crippen molar-refractivity contribution in [3.63, 3.8) is 0 Å². The molecule has 0 aromatic heterocycles. The molecule has 220 valence electrons. The minimum atomic E-state index is -2.60. The van der Waals surface area contributed by atoms with Gasteiger partial charge in [0.15, 0.2) is 11.4 Å². The molecule has 11 heteroatoms. The maximum atomic E-state index is 13.7. The molecule has 3 atom stereocenters. The van der Waals surface area contributed by atoms with Crippen molar-refractivity contribution in [1.82, 2.24) is 5.32 Å². The number of hydrogen-bond donors (Lipinski definition) is 6. The second kappa shape index (κ2) is 10.6. The van der Waals surface area contributed by atoms with E-state index in [0.29, 0.717) is 17.7 Å². The van der Waals surface area contributed by atoms with Gasteiger partial charge in [-0.1, -0.05) is 44.2 Å². The maximum Gasteiger partial charge on any atom is 0.407 e. The predicted molar refractivity (Wildman–Crippen MR) is 150 cm³/mol. The lowest BCUT2D eigenvalue weighted by Gasteiger charge is -2.46. The number of primary amides is 1. The summed E-state index contributed by atoms with van der Waals surface area (Å²) < 4.78 is 5.12. The summed E-state index contributed by atoms with van der Waals surface area (Å²) in [5.74, 6) is -6.44. The second-order valence-corrected chi connectivity index (χ2v) is 11.4. The molecule has 3 aliphatic rings. The fraction of sp³-hybridized carbons (Fsp3) is 0.355. The molecule has 7 N–H and O–H groups in total. The number of carbonyl (C=O) groups is 4. The van der Waals surface area contributed by atoms with E-state index in [1.165, 1.54) is 6.07 Å². The van der Waals surface area contributed by atoms with Crippen molar-refractivity contribution >= 4 is 29.3 Å². The van der Waals surface area contributed by atoms with Crippen LogP contribution in [0.15, 0.2) is 53.3 Å². The lowest BCUT2D eigenvalue weighted by atomic mass is 9.59. The van der Waals surface area contributed by atoms with Crippen LogP contribution in [0.25, 0.3) is 16.9 Å². The first-order valence-electron chi connectivity index (χ1n) is 13.7. The predicted octanol–water partition coefficient (Wildman–Crippen LogP) is 2.97. The number of fused-ring (bicyclic) bond motifs is 3. The minimum Gasteiger partial charge on any atom is -0.508 e. The number of alkyl carbamates (subject to hydrolysis) is 1. The first-order chi connectivity index (χ1) is 19.8. The third-order valence-electron chi connectivity index (χ3n) is 8.20. The van der Waals surface area contributed by atoms with E-state index in [0.717, 1.165) is 11.1 Å². The van der Waals surface area contributed by atoms with Crippen LogP contribution in [0, 0.1) is 17.8 Å². The van der Waals surface area contributed by atoms with E-state index in [4.69, 9.17) is 10.5 Å². The van der Waals surface area contributed by atoms with Crippen LogP contribution in [0.1, 0.15) is 43.4 Å². The van der Waals surface area contributed by atoms with Crippen molar-refractivity contribution in [2.24, 2.45) is 23.5 Å². The Bertz CT molecular complexity index is 1570. The molecular formula is C31H32N2O9. The summed E-state index contributed by atoms with van der Waals surface area (Å²) >= 11 is 0. The lowest BCUT2D eigenvalue weighted by molar-refractivity contribution is -0.147. The minimum absolute atomic E-state index is 0.0262. The Balaban J connectivity index is 1.48. The molecular weight excluding hydrogens is 544 g/mol. The van der Waals surface area contributed by atoms with Gasteiger partial charge in [-0.25, -0.2) is 4.79 Å². The highest BCUT2D eigenvalue weighted by Crippen LogP contribution is 2.53. The summed E-state index contributed by atoms with van der Waals surface area (Å²) in [6.07, 6.45) is -0.643. The number of rotatable bonds is 6. The first-order valence-corrected chi connectivity index (χ1v) is 13.7. The summed E-state index contributed by atoms with van der Waals surface area (Å²) in [5, 5.41) is 46.8. The quantitative estimate of drug-likeness (QED) is 0.280. The van der Waals surface area contributed by atoms with Crippen molar-refractivity contribution in [2.75, 3.05) is 6.61 Å². The fourth-order valence-electron chi connectivity index (χ4n) is 6.16. The number of nitrogens with two attached hydrogens (primary N) is 1. The smallest absolute Gasteiger partial charge is 0.407 e. The van der Waals surface area contributed by atoms with E-state index in [1.807, 2.05) is 38.1 Å². The molecule has 3 aliphatic carbocycles. The van der Waals surface area contributed by atoms with Crippen molar-refractivity contribution in [3.05, 3.63) is 70.0 Å². The Morgan fingerprint density at radius 2 is 1.76 bits per heavy atom. The Morgan fingerprint density at radius 1 is 1.07 bits per heavy atom. The highest BCUT2D eigenvalue weighted by molar-refractivity contribution is 6.22. The number of hydrogen-bond acceptors (Lipinski definition) is 9. The van der Waals surface area contributed by atoms with Crippen molar-refractivity contribution in [2.45, 2.75) is 45.3 Å². The average Bonchev–Trinajstić information content (AvgIpc) is 2.93. The van der Waals surface area contributed by atoms with Gasteiger partial charge < -0.3 is 36.2 Å². The zero-order valence-electron chi connectivity index (χ0n) is 23.1. The molecule has 0 aliphatic heterocycles. The molecule has 2 aromatic carbocycles. The number of ether oxygens (including phenoxy) is 1. The van der Waals surface area contributed by atoms with Crippen LogP contribution in [0.2, 0.25) is 0 Å². The van der Waals surface area contributed by atoms with Crippen LogP contribution in [-0.4, -0.2) is 56.2 Å². The number of aromatic hydroxyl groups is 1. The van der Waals surface area contributed by atoms with Crippen LogP contribution in [0.5, 0.6) is 5.75 Å². The van der Waals surface area contributed by atoms with Gasteiger partial charge in [0, 0.05) is 24.5 Å². The van der Waals surface area contributed by atoms with Gasteiger partial charge >= 0.3 is 6.09 Å². The van der Waals surface area contributed by atoms with Crippen LogP contribution >= 0.6 is 0 Å². The Morgan fingerprint density at radius 3 is 2.40 bits per heavy atom. The Labute approximate surface area is 241 Å². The SMILES string of the molecule is CC(C)COC(=O)NCc1ccc(-c2ccc(O)c3c2CC2CC4CC(=O)C(C(N)=O)=C(O)C4(O)C(=O)C2=C3O)cc1. The molecule has 2 amide bonds. The number of aliphatic hydroxyl groups excluding tert-OH is 2. The molecule has 11 nitrogen and oxygen atoms in total. The van der Waals surface area contributed by atoms with E-state index in [9.17, 15) is 39.6 Å². The van der Waals surface area contributed by atoms with E-state index in [1.54, 1.807) is 6.07 Å². The summed E-state index contributed by atoms with van der Waals surface area (Å²) in [6, 6.07) is 10.4. The first kappa shape index (κ1) is 28.9. The monoisotopic (exact) mass is 576 g/mol. The molecule has 0 spiro atoms. The summed E-state index contributed by atoms with van der Waals surface area (Å²) in [7, 11) is 0. The van der Waals surface area contributed by atoms with Crippen LogP contribution in [0.4, 0.5) is 4.79 Å². The molecule has 42 heavy (non-hydrogen) atoms. The fourth-order valence-corrected chi connectivity index (χ4v) is 6.16. The molecule has 2 aromatic rings. The number of phenolic OH excluding ortho intramolecular Hbond substituents is 1. The molecule has 0 bridgehead atoms. The van der Waals surface area contributed by atoms with Crippen LogP contribution in [-0.2, 0) is 32.1 Å². The van der Waals surface area contributed by atoms with Crippen molar-refractivity contribution in [1.29, 1.82) is 0 Å². The average molecular weight is 577 g/mol. The topological polar surface area (TPSA) is 196 Å². The molecule has 0 saturated heterocycles.